The number of pyridine rings is 1. The first-order chi connectivity index (χ1) is 11.6. The monoisotopic (exact) mass is 329 g/mol. The van der Waals surface area contributed by atoms with Crippen LogP contribution in [0, 0.1) is 12.7 Å². The smallest absolute Gasteiger partial charge is 0.146 e. The Morgan fingerprint density at radius 1 is 1.25 bits per heavy atom. The molecular formula is C19H24FN3O. The highest BCUT2D eigenvalue weighted by Crippen LogP contribution is 2.24. The third-order valence-electron chi connectivity index (χ3n) is 4.58. The van der Waals surface area contributed by atoms with Gasteiger partial charge in [0.1, 0.15) is 5.82 Å². The Balaban J connectivity index is 1.57. The van der Waals surface area contributed by atoms with E-state index in [0.717, 1.165) is 16.8 Å². The van der Waals surface area contributed by atoms with Gasteiger partial charge in [-0.05, 0) is 49.1 Å². The molecule has 0 bridgehead atoms. The number of nitrogens with one attached hydrogen (secondary N) is 1. The van der Waals surface area contributed by atoms with Gasteiger partial charge in [-0.1, -0.05) is 12.1 Å². The van der Waals surface area contributed by atoms with Gasteiger partial charge in [0, 0.05) is 38.1 Å². The second kappa shape index (κ2) is 7.73. The summed E-state index contributed by atoms with van der Waals surface area (Å²) in [6.07, 6.45) is 2.94. The van der Waals surface area contributed by atoms with Gasteiger partial charge < -0.3 is 15.3 Å². The number of aryl methyl sites for hydroxylation is 1. The Morgan fingerprint density at radius 3 is 2.75 bits per heavy atom. The molecule has 5 heteroatoms. The predicted octanol–water partition coefficient (Wildman–Crippen LogP) is 2.78. The van der Waals surface area contributed by atoms with Gasteiger partial charge in [-0.2, -0.15) is 0 Å². The standard InChI is InChI=1S/C19H24FN3O/c1-14-16(3-2-8-22-14)13-21-12-15-4-5-19(18(20)11-15)23-9-6-17(24)7-10-23/h2-5,8,11,17,21,24H,6-7,9-10,12-13H2,1H3. The maximum Gasteiger partial charge on any atom is 0.146 e. The predicted molar refractivity (Wildman–Crippen MR) is 93.4 cm³/mol. The van der Waals surface area contributed by atoms with Crippen molar-refractivity contribution in [2.24, 2.45) is 0 Å². The van der Waals surface area contributed by atoms with E-state index >= 15 is 0 Å². The quantitative estimate of drug-likeness (QED) is 0.886. The molecule has 1 aliphatic rings. The summed E-state index contributed by atoms with van der Waals surface area (Å²) in [5, 5.41) is 12.9. The number of aromatic nitrogens is 1. The Bertz CT molecular complexity index is 684. The molecule has 1 fully saturated rings. The molecule has 2 heterocycles. The van der Waals surface area contributed by atoms with Crippen LogP contribution in [0.5, 0.6) is 0 Å². The highest BCUT2D eigenvalue weighted by Gasteiger charge is 2.19. The molecule has 1 aromatic heterocycles. The van der Waals surface area contributed by atoms with E-state index in [0.29, 0.717) is 44.7 Å². The highest BCUT2D eigenvalue weighted by molar-refractivity contribution is 5.49. The van der Waals surface area contributed by atoms with Gasteiger partial charge in [0.15, 0.2) is 0 Å². The van der Waals surface area contributed by atoms with Crippen LogP contribution in [0.4, 0.5) is 10.1 Å². The molecule has 1 aliphatic heterocycles. The van der Waals surface area contributed by atoms with Gasteiger partial charge in [-0.25, -0.2) is 4.39 Å². The Morgan fingerprint density at radius 2 is 2.04 bits per heavy atom. The zero-order valence-corrected chi connectivity index (χ0v) is 14.0. The molecule has 24 heavy (non-hydrogen) atoms. The molecule has 0 radical (unpaired) electrons. The van der Waals surface area contributed by atoms with Gasteiger partial charge in [0.2, 0.25) is 0 Å². The van der Waals surface area contributed by atoms with E-state index in [2.05, 4.69) is 10.3 Å². The topological polar surface area (TPSA) is 48.4 Å². The fraction of sp³-hybridized carbons (Fsp3) is 0.421. The number of nitrogens with zero attached hydrogens (tertiary/aromatic N) is 2. The van der Waals surface area contributed by atoms with E-state index in [4.69, 9.17) is 0 Å². The van der Waals surface area contributed by atoms with Crippen LogP contribution in [0.15, 0.2) is 36.5 Å². The first-order valence-electron chi connectivity index (χ1n) is 8.46. The van der Waals surface area contributed by atoms with Crippen LogP contribution in [0.25, 0.3) is 0 Å². The normalized spacial score (nSPS) is 15.7. The summed E-state index contributed by atoms with van der Waals surface area (Å²) in [4.78, 5) is 6.28. The van der Waals surface area contributed by atoms with Crippen LogP contribution >= 0.6 is 0 Å². The first-order valence-corrected chi connectivity index (χ1v) is 8.46. The van der Waals surface area contributed by atoms with Crippen LogP contribution in [0.1, 0.15) is 29.7 Å². The van der Waals surface area contributed by atoms with Crippen molar-refractivity contribution in [1.82, 2.24) is 10.3 Å². The minimum absolute atomic E-state index is 0.191. The number of halogens is 1. The summed E-state index contributed by atoms with van der Waals surface area (Å²) in [6.45, 7) is 4.73. The molecule has 0 spiro atoms. The first kappa shape index (κ1) is 16.9. The maximum atomic E-state index is 14.4. The van der Waals surface area contributed by atoms with Crippen molar-refractivity contribution in [3.05, 3.63) is 59.2 Å². The average molecular weight is 329 g/mol. The molecule has 0 atom stereocenters. The van der Waals surface area contributed by atoms with E-state index in [1.807, 2.05) is 36.1 Å². The van der Waals surface area contributed by atoms with Crippen molar-refractivity contribution >= 4 is 5.69 Å². The summed E-state index contributed by atoms with van der Waals surface area (Å²) >= 11 is 0. The van der Waals surface area contributed by atoms with Crippen molar-refractivity contribution < 1.29 is 9.50 Å². The fourth-order valence-electron chi connectivity index (χ4n) is 3.07. The van der Waals surface area contributed by atoms with Crippen molar-refractivity contribution in [3.63, 3.8) is 0 Å². The fourth-order valence-corrected chi connectivity index (χ4v) is 3.07. The lowest BCUT2D eigenvalue weighted by Gasteiger charge is -2.31. The molecule has 4 nitrogen and oxygen atoms in total. The van der Waals surface area contributed by atoms with E-state index in [1.54, 1.807) is 12.3 Å². The minimum Gasteiger partial charge on any atom is -0.393 e. The number of benzene rings is 1. The average Bonchev–Trinajstić information content (AvgIpc) is 2.58. The lowest BCUT2D eigenvalue weighted by molar-refractivity contribution is 0.145. The van der Waals surface area contributed by atoms with Gasteiger partial charge >= 0.3 is 0 Å². The molecule has 2 aromatic rings. The van der Waals surface area contributed by atoms with Gasteiger partial charge in [-0.3, -0.25) is 4.98 Å². The Labute approximate surface area is 142 Å². The lowest BCUT2D eigenvalue weighted by Crippen LogP contribution is -2.36. The van der Waals surface area contributed by atoms with Crippen molar-refractivity contribution in [3.8, 4) is 0 Å². The van der Waals surface area contributed by atoms with Crippen LogP contribution in [-0.2, 0) is 13.1 Å². The zero-order valence-electron chi connectivity index (χ0n) is 14.0. The van der Waals surface area contributed by atoms with Gasteiger partial charge in [0.05, 0.1) is 11.8 Å². The number of hydrogen-bond donors (Lipinski definition) is 2. The molecule has 0 amide bonds. The molecule has 128 valence electrons. The molecular weight excluding hydrogens is 305 g/mol. The lowest BCUT2D eigenvalue weighted by atomic mass is 10.1. The van der Waals surface area contributed by atoms with Crippen molar-refractivity contribution in [1.29, 1.82) is 0 Å². The number of hydrogen-bond acceptors (Lipinski definition) is 4. The van der Waals surface area contributed by atoms with Crippen molar-refractivity contribution in [2.75, 3.05) is 18.0 Å². The van der Waals surface area contributed by atoms with E-state index in [9.17, 15) is 9.50 Å². The number of rotatable bonds is 5. The highest BCUT2D eigenvalue weighted by atomic mass is 19.1. The molecule has 0 saturated carbocycles. The molecule has 3 rings (SSSR count). The third kappa shape index (κ3) is 4.10. The second-order valence-electron chi connectivity index (χ2n) is 6.36. The van der Waals surface area contributed by atoms with E-state index < -0.39 is 0 Å². The van der Waals surface area contributed by atoms with Crippen LogP contribution in [-0.4, -0.2) is 29.3 Å². The molecule has 1 saturated heterocycles. The second-order valence-corrected chi connectivity index (χ2v) is 6.36. The molecule has 1 aromatic carbocycles. The number of aliphatic hydroxyl groups excluding tert-OH is 1. The van der Waals surface area contributed by atoms with Crippen LogP contribution in [0.3, 0.4) is 0 Å². The summed E-state index contributed by atoms with van der Waals surface area (Å²) < 4.78 is 14.4. The summed E-state index contributed by atoms with van der Waals surface area (Å²) in [5.41, 5.74) is 3.73. The Kier molecular flexibility index (Phi) is 5.43. The SMILES string of the molecule is Cc1ncccc1CNCc1ccc(N2CCC(O)CC2)c(F)c1. The molecule has 2 N–H and O–H groups in total. The number of anilines is 1. The van der Waals surface area contributed by atoms with Crippen LogP contribution < -0.4 is 10.2 Å². The minimum atomic E-state index is -0.247. The van der Waals surface area contributed by atoms with Gasteiger partial charge in [-0.15, -0.1) is 0 Å². The van der Waals surface area contributed by atoms with E-state index in [1.165, 1.54) is 0 Å². The number of piperidine rings is 1. The number of aliphatic hydroxyl groups is 1. The summed E-state index contributed by atoms with van der Waals surface area (Å²) in [5.74, 6) is -0.191. The zero-order chi connectivity index (χ0) is 16.9. The largest absolute Gasteiger partial charge is 0.393 e. The molecule has 0 unspecified atom stereocenters. The van der Waals surface area contributed by atoms with E-state index in [-0.39, 0.29) is 11.9 Å². The van der Waals surface area contributed by atoms with Crippen LogP contribution in [0.2, 0.25) is 0 Å². The van der Waals surface area contributed by atoms with Gasteiger partial charge in [0.25, 0.3) is 0 Å². The molecule has 0 aliphatic carbocycles. The maximum absolute atomic E-state index is 14.4. The summed E-state index contributed by atoms with van der Waals surface area (Å²) in [6, 6.07) is 9.38. The van der Waals surface area contributed by atoms with Crippen molar-refractivity contribution in [2.45, 2.75) is 39.0 Å². The third-order valence-corrected chi connectivity index (χ3v) is 4.58. The summed E-state index contributed by atoms with van der Waals surface area (Å²) in [7, 11) is 0. The Hall–Kier alpha value is -1.98.